The van der Waals surface area contributed by atoms with Crippen LogP contribution in [0, 0.1) is 0 Å². The average Bonchev–Trinajstić information content (AvgIpc) is 3.31. The molecule has 31 heavy (non-hydrogen) atoms. The zero-order valence-electron chi connectivity index (χ0n) is 17.4. The van der Waals surface area contributed by atoms with Crippen molar-refractivity contribution in [3.05, 3.63) is 33.0 Å². The Kier molecular flexibility index (Phi) is 7.26. The quantitative estimate of drug-likeness (QED) is 0.254. The molecule has 0 saturated carbocycles. The summed E-state index contributed by atoms with van der Waals surface area (Å²) in [6.07, 6.45) is 0.574. The predicted octanol–water partition coefficient (Wildman–Crippen LogP) is 8.99. The van der Waals surface area contributed by atoms with Gasteiger partial charge in [-0.15, -0.1) is 46.2 Å². The van der Waals surface area contributed by atoms with Gasteiger partial charge in [0, 0.05) is 20.9 Å². The van der Waals surface area contributed by atoms with Crippen LogP contribution in [0.4, 0.5) is 26.3 Å². The highest BCUT2D eigenvalue weighted by Gasteiger charge is 2.80. The van der Waals surface area contributed by atoms with Gasteiger partial charge in [0.15, 0.2) is 0 Å². The Morgan fingerprint density at radius 2 is 1.03 bits per heavy atom. The van der Waals surface area contributed by atoms with Crippen molar-refractivity contribution in [2.45, 2.75) is 66.7 Å². The maximum absolute atomic E-state index is 15.1. The number of thiophene rings is 2. The monoisotopic (exact) mass is 516 g/mol. The third-order valence-electron chi connectivity index (χ3n) is 4.99. The Hall–Kier alpha value is -0.580. The Balaban J connectivity index is 2.40. The van der Waals surface area contributed by atoms with Crippen LogP contribution in [0.1, 0.15) is 48.6 Å². The van der Waals surface area contributed by atoms with E-state index in [1.807, 2.05) is 13.8 Å². The SMILES string of the molecule is CCSc1cc(C2=C(c3cc(SCC)sc3CC)C(F)(F)C(F)(F)C2(F)F)c(CC)s1. The van der Waals surface area contributed by atoms with Crippen LogP contribution in [0.3, 0.4) is 0 Å². The summed E-state index contributed by atoms with van der Waals surface area (Å²) in [4.78, 5) is 0.820. The number of alkyl halides is 6. The van der Waals surface area contributed by atoms with E-state index in [4.69, 9.17) is 0 Å². The van der Waals surface area contributed by atoms with Gasteiger partial charge in [-0.25, -0.2) is 0 Å². The predicted molar refractivity (Wildman–Crippen MR) is 122 cm³/mol. The van der Waals surface area contributed by atoms with Gasteiger partial charge in [-0.3, -0.25) is 0 Å². The van der Waals surface area contributed by atoms with Gasteiger partial charge in [0.05, 0.1) is 8.42 Å². The van der Waals surface area contributed by atoms with Crippen LogP contribution >= 0.6 is 46.2 Å². The Bertz CT molecular complexity index is 910. The van der Waals surface area contributed by atoms with E-state index in [0.717, 1.165) is 0 Å². The number of hydrogen-bond acceptors (Lipinski definition) is 4. The summed E-state index contributed by atoms with van der Waals surface area (Å²) in [6.45, 7) is 7.16. The standard InChI is InChI=1S/C21H22F6S4/c1-5-13-11(9-15(30-13)28-7-3)17-18(20(24,25)21(26,27)19(17,22)23)12-10-16(29-8-4)31-14(12)6-2/h9-10H,5-8H2,1-4H3. The second kappa shape index (κ2) is 8.99. The lowest BCUT2D eigenvalue weighted by atomic mass is 9.94. The molecule has 0 unspecified atom stereocenters. The summed E-state index contributed by atoms with van der Waals surface area (Å²) in [5.41, 5.74) is -2.81. The van der Waals surface area contributed by atoms with Gasteiger partial charge in [0.25, 0.3) is 0 Å². The molecule has 10 heteroatoms. The van der Waals surface area contributed by atoms with Crippen molar-refractivity contribution in [2.75, 3.05) is 11.5 Å². The summed E-state index contributed by atoms with van der Waals surface area (Å²) < 4.78 is 91.0. The smallest absolute Gasteiger partial charge is 0.194 e. The van der Waals surface area contributed by atoms with Crippen molar-refractivity contribution in [2.24, 2.45) is 0 Å². The Morgan fingerprint density at radius 3 is 1.32 bits per heavy atom. The maximum atomic E-state index is 15.1. The van der Waals surface area contributed by atoms with Crippen LogP contribution in [0.25, 0.3) is 11.1 Å². The van der Waals surface area contributed by atoms with Gasteiger partial charge in [-0.05, 0) is 47.6 Å². The van der Waals surface area contributed by atoms with E-state index in [9.17, 15) is 8.78 Å². The third-order valence-corrected chi connectivity index (χ3v) is 9.73. The third kappa shape index (κ3) is 3.89. The first kappa shape index (κ1) is 25.1. The fraction of sp³-hybridized carbons (Fsp3) is 0.524. The number of rotatable bonds is 8. The highest BCUT2D eigenvalue weighted by molar-refractivity contribution is 8.01. The van der Waals surface area contributed by atoms with Crippen LogP contribution in [0.5, 0.6) is 0 Å². The van der Waals surface area contributed by atoms with E-state index in [0.29, 0.717) is 29.7 Å². The van der Waals surface area contributed by atoms with Crippen LogP contribution in [0.15, 0.2) is 20.6 Å². The van der Waals surface area contributed by atoms with Crippen molar-refractivity contribution in [3.8, 4) is 0 Å². The zero-order chi connectivity index (χ0) is 23.2. The summed E-state index contributed by atoms with van der Waals surface area (Å²) >= 11 is 5.14. The van der Waals surface area contributed by atoms with Crippen molar-refractivity contribution < 1.29 is 26.3 Å². The van der Waals surface area contributed by atoms with Crippen LogP contribution in [-0.2, 0) is 12.8 Å². The molecule has 2 aromatic heterocycles. The zero-order valence-corrected chi connectivity index (χ0v) is 20.6. The molecule has 0 fully saturated rings. The van der Waals surface area contributed by atoms with Crippen molar-refractivity contribution in [1.29, 1.82) is 0 Å². The molecule has 3 rings (SSSR count). The van der Waals surface area contributed by atoms with Gasteiger partial charge >= 0.3 is 17.8 Å². The van der Waals surface area contributed by atoms with Crippen molar-refractivity contribution in [1.82, 2.24) is 0 Å². The molecule has 2 aromatic rings. The summed E-state index contributed by atoms with van der Waals surface area (Å²) in [5.74, 6) is -14.2. The van der Waals surface area contributed by atoms with Gasteiger partial charge < -0.3 is 0 Å². The number of allylic oxidation sites excluding steroid dienone is 2. The molecule has 0 N–H and O–H groups in total. The molecule has 1 aliphatic rings. The molecular formula is C21H22F6S4. The number of thioether (sulfide) groups is 2. The molecule has 172 valence electrons. The van der Waals surface area contributed by atoms with E-state index in [2.05, 4.69) is 0 Å². The van der Waals surface area contributed by atoms with E-state index in [-0.39, 0.29) is 24.0 Å². The molecule has 0 spiro atoms. The summed E-state index contributed by atoms with van der Waals surface area (Å²) in [7, 11) is 0. The highest BCUT2D eigenvalue weighted by atomic mass is 32.2. The number of hydrogen-bond donors (Lipinski definition) is 0. The largest absolute Gasteiger partial charge is 0.380 e. The lowest BCUT2D eigenvalue weighted by Crippen LogP contribution is -2.48. The Morgan fingerprint density at radius 1 is 0.677 bits per heavy atom. The first-order valence-corrected chi connectivity index (χ1v) is 13.5. The van der Waals surface area contributed by atoms with Crippen LogP contribution < -0.4 is 0 Å². The first-order chi connectivity index (χ1) is 14.5. The minimum absolute atomic E-state index is 0.182. The fourth-order valence-corrected chi connectivity index (χ4v) is 8.04. The minimum atomic E-state index is -5.51. The van der Waals surface area contributed by atoms with E-state index >= 15 is 17.6 Å². The molecule has 0 saturated heterocycles. The van der Waals surface area contributed by atoms with Gasteiger partial charge in [-0.2, -0.15) is 26.3 Å². The molecule has 2 heterocycles. The second-order valence-electron chi connectivity index (χ2n) is 6.85. The molecule has 0 atom stereocenters. The van der Waals surface area contributed by atoms with E-state index in [1.54, 1.807) is 13.8 Å². The highest BCUT2D eigenvalue weighted by Crippen LogP contribution is 2.66. The van der Waals surface area contributed by atoms with Crippen molar-refractivity contribution >= 4 is 57.3 Å². The normalized spacial score (nSPS) is 19.4. The molecule has 0 radical (unpaired) electrons. The van der Waals surface area contributed by atoms with Crippen LogP contribution in [0.2, 0.25) is 0 Å². The molecule has 0 bridgehead atoms. The topological polar surface area (TPSA) is 0 Å². The summed E-state index contributed by atoms with van der Waals surface area (Å²) in [6, 6.07) is 2.75. The van der Waals surface area contributed by atoms with Crippen molar-refractivity contribution in [3.63, 3.8) is 0 Å². The maximum Gasteiger partial charge on any atom is 0.380 e. The summed E-state index contributed by atoms with van der Waals surface area (Å²) in [5, 5.41) is 0. The van der Waals surface area contributed by atoms with Gasteiger partial charge in [0.2, 0.25) is 0 Å². The molecule has 0 aliphatic heterocycles. The molecular weight excluding hydrogens is 494 g/mol. The number of aryl methyl sites for hydroxylation is 2. The van der Waals surface area contributed by atoms with Gasteiger partial charge in [-0.1, -0.05) is 27.7 Å². The Labute approximate surface area is 194 Å². The minimum Gasteiger partial charge on any atom is -0.194 e. The average molecular weight is 517 g/mol. The lowest BCUT2D eigenvalue weighted by molar-refractivity contribution is -0.254. The molecule has 0 aromatic carbocycles. The fourth-order valence-electron chi connectivity index (χ4n) is 3.62. The lowest BCUT2D eigenvalue weighted by Gasteiger charge is -2.25. The second-order valence-corrected chi connectivity index (χ2v) is 12.3. The van der Waals surface area contributed by atoms with E-state index in [1.165, 1.54) is 58.3 Å². The molecule has 1 aliphatic carbocycles. The van der Waals surface area contributed by atoms with E-state index < -0.39 is 28.9 Å². The molecule has 0 nitrogen and oxygen atoms in total. The molecule has 0 amide bonds. The van der Waals surface area contributed by atoms with Crippen LogP contribution in [-0.4, -0.2) is 29.3 Å². The number of halogens is 6. The van der Waals surface area contributed by atoms with Gasteiger partial charge in [0.1, 0.15) is 0 Å². The first-order valence-electron chi connectivity index (χ1n) is 9.88.